The van der Waals surface area contributed by atoms with Crippen LogP contribution in [0.2, 0.25) is 0 Å². The minimum absolute atomic E-state index is 0.239. The van der Waals surface area contributed by atoms with E-state index in [1.54, 1.807) is 20.2 Å². The summed E-state index contributed by atoms with van der Waals surface area (Å²) in [6, 6.07) is 5.92. The molecule has 2 heterocycles. The number of aromatic amines is 1. The number of aryl methyl sites for hydroxylation is 3. The number of nitrogens with one attached hydrogen (secondary N) is 1. The summed E-state index contributed by atoms with van der Waals surface area (Å²) in [5, 5.41) is 0. The molecule has 8 nitrogen and oxygen atoms in total. The first-order valence-electron chi connectivity index (χ1n) is 8.63. The molecule has 0 saturated carbocycles. The first kappa shape index (κ1) is 19.8. The van der Waals surface area contributed by atoms with Crippen molar-refractivity contribution in [2.75, 3.05) is 13.7 Å². The Labute approximate surface area is 158 Å². The number of rotatable bonds is 7. The zero-order valence-corrected chi connectivity index (χ0v) is 16.5. The third-order valence-electron chi connectivity index (χ3n) is 4.36. The maximum Gasteiger partial charge on any atom is 0.397 e. The van der Waals surface area contributed by atoms with Gasteiger partial charge >= 0.3 is 14.3 Å². The summed E-state index contributed by atoms with van der Waals surface area (Å²) in [6.45, 7) is 4.78. The zero-order valence-electron chi connectivity index (χ0n) is 15.6. The SMILES string of the molecule is COC(CCn1cc(C)c(=O)[nH]c1=O)COP1OCc2cccc(C)c2O1. The number of methoxy groups -OCH3 is 1. The third kappa shape index (κ3) is 4.84. The average molecular weight is 394 g/mol. The summed E-state index contributed by atoms with van der Waals surface area (Å²) in [7, 11) is 0.0980. The number of aromatic nitrogens is 2. The Morgan fingerprint density at radius 3 is 2.89 bits per heavy atom. The van der Waals surface area contributed by atoms with Crippen LogP contribution >= 0.6 is 8.60 Å². The van der Waals surface area contributed by atoms with Crippen LogP contribution in [0.15, 0.2) is 34.0 Å². The summed E-state index contributed by atoms with van der Waals surface area (Å²) < 4.78 is 24.1. The number of para-hydroxylation sites is 1. The first-order chi connectivity index (χ1) is 13.0. The lowest BCUT2D eigenvalue weighted by molar-refractivity contribution is 0.0399. The summed E-state index contributed by atoms with van der Waals surface area (Å²) in [4.78, 5) is 25.6. The van der Waals surface area contributed by atoms with Crippen LogP contribution in [0.3, 0.4) is 0 Å². The molecule has 1 aromatic carbocycles. The maximum atomic E-state index is 11.8. The molecule has 0 radical (unpaired) electrons. The molecule has 0 aliphatic carbocycles. The Morgan fingerprint density at radius 2 is 2.11 bits per heavy atom. The van der Waals surface area contributed by atoms with E-state index in [2.05, 4.69) is 4.98 Å². The molecule has 2 unspecified atom stereocenters. The van der Waals surface area contributed by atoms with Crippen molar-refractivity contribution in [1.82, 2.24) is 9.55 Å². The van der Waals surface area contributed by atoms with Gasteiger partial charge in [0, 0.05) is 31.0 Å². The van der Waals surface area contributed by atoms with E-state index < -0.39 is 14.3 Å². The molecule has 0 amide bonds. The molecule has 2 atom stereocenters. The smallest absolute Gasteiger partial charge is 0.397 e. The molecule has 0 bridgehead atoms. The molecule has 2 aromatic rings. The second-order valence-corrected chi connectivity index (χ2v) is 7.50. The third-order valence-corrected chi connectivity index (χ3v) is 5.40. The Bertz CT molecular complexity index is 909. The van der Waals surface area contributed by atoms with Crippen LogP contribution in [-0.2, 0) is 26.9 Å². The summed E-state index contributed by atoms with van der Waals surface area (Å²) in [5.74, 6) is 0.819. The molecule has 0 fully saturated rings. The van der Waals surface area contributed by atoms with E-state index in [1.807, 2.05) is 25.1 Å². The predicted molar refractivity (Wildman–Crippen MR) is 101 cm³/mol. The predicted octanol–water partition coefficient (Wildman–Crippen LogP) is 2.41. The number of H-pyrrole nitrogens is 1. The fourth-order valence-corrected chi connectivity index (χ4v) is 3.85. The van der Waals surface area contributed by atoms with Crippen molar-refractivity contribution in [2.45, 2.75) is 39.5 Å². The molecule has 0 saturated heterocycles. The van der Waals surface area contributed by atoms with Gasteiger partial charge in [-0.2, -0.15) is 0 Å². The topological polar surface area (TPSA) is 91.8 Å². The van der Waals surface area contributed by atoms with Gasteiger partial charge in [-0.1, -0.05) is 18.2 Å². The molecule has 9 heteroatoms. The number of benzene rings is 1. The van der Waals surface area contributed by atoms with Crippen molar-refractivity contribution in [2.24, 2.45) is 0 Å². The Balaban J connectivity index is 1.54. The highest BCUT2D eigenvalue weighted by Gasteiger charge is 2.25. The lowest BCUT2D eigenvalue weighted by Crippen LogP contribution is -2.32. The van der Waals surface area contributed by atoms with Crippen molar-refractivity contribution >= 4 is 8.60 Å². The van der Waals surface area contributed by atoms with Gasteiger partial charge in [0.1, 0.15) is 5.75 Å². The largest absolute Gasteiger partial charge is 0.426 e. The quantitative estimate of drug-likeness (QED) is 0.725. The van der Waals surface area contributed by atoms with E-state index in [0.29, 0.717) is 25.1 Å². The monoisotopic (exact) mass is 394 g/mol. The van der Waals surface area contributed by atoms with Gasteiger partial charge in [-0.15, -0.1) is 0 Å². The van der Waals surface area contributed by atoms with Gasteiger partial charge in [0.05, 0.1) is 19.3 Å². The van der Waals surface area contributed by atoms with E-state index in [9.17, 15) is 9.59 Å². The van der Waals surface area contributed by atoms with Crippen LogP contribution in [-0.4, -0.2) is 29.4 Å². The molecule has 1 aromatic heterocycles. The highest BCUT2D eigenvalue weighted by molar-refractivity contribution is 7.42. The van der Waals surface area contributed by atoms with Crippen LogP contribution in [0.25, 0.3) is 0 Å². The second-order valence-electron chi connectivity index (χ2n) is 6.36. The Hall–Kier alpha value is -1.99. The number of nitrogens with zero attached hydrogens (tertiary/aromatic N) is 1. The molecule has 146 valence electrons. The van der Waals surface area contributed by atoms with Crippen molar-refractivity contribution < 1.29 is 18.3 Å². The van der Waals surface area contributed by atoms with Crippen LogP contribution in [0, 0.1) is 13.8 Å². The van der Waals surface area contributed by atoms with E-state index in [-0.39, 0.29) is 18.3 Å². The van der Waals surface area contributed by atoms with E-state index in [4.69, 9.17) is 18.3 Å². The minimum atomic E-state index is -1.49. The summed E-state index contributed by atoms with van der Waals surface area (Å²) in [6.07, 6.45) is 1.85. The van der Waals surface area contributed by atoms with Gasteiger partial charge < -0.3 is 13.8 Å². The molecule has 0 spiro atoms. The van der Waals surface area contributed by atoms with Gasteiger partial charge in [-0.3, -0.25) is 18.8 Å². The molecule has 1 aliphatic heterocycles. The van der Waals surface area contributed by atoms with Gasteiger partial charge in [0.25, 0.3) is 5.56 Å². The molecular formula is C18H23N2O6P. The van der Waals surface area contributed by atoms with Crippen molar-refractivity contribution in [3.05, 3.63) is 61.9 Å². The van der Waals surface area contributed by atoms with Gasteiger partial charge in [-0.05, 0) is 25.8 Å². The van der Waals surface area contributed by atoms with Crippen molar-refractivity contribution in [3.63, 3.8) is 0 Å². The van der Waals surface area contributed by atoms with Gasteiger partial charge in [-0.25, -0.2) is 4.79 Å². The maximum absolute atomic E-state index is 11.8. The van der Waals surface area contributed by atoms with Crippen LogP contribution in [0.1, 0.15) is 23.1 Å². The molecule has 1 N–H and O–H groups in total. The minimum Gasteiger partial charge on any atom is -0.426 e. The first-order valence-corrected chi connectivity index (χ1v) is 9.73. The van der Waals surface area contributed by atoms with Crippen LogP contribution in [0.5, 0.6) is 5.75 Å². The standard InChI is InChI=1S/C18H23N2O6P/c1-12-5-4-6-14-10-24-27(26-16(12)14)25-11-15(23-3)7-8-20-9-13(2)17(21)19-18(20)22/h4-6,9,15H,7-8,10-11H2,1-3H3,(H,19,21,22). The number of ether oxygens (including phenoxy) is 1. The Kier molecular flexibility index (Phi) is 6.44. The van der Waals surface area contributed by atoms with Gasteiger partial charge in [0.15, 0.2) is 0 Å². The molecule has 27 heavy (non-hydrogen) atoms. The fourth-order valence-electron chi connectivity index (χ4n) is 2.73. The lowest BCUT2D eigenvalue weighted by atomic mass is 10.1. The number of fused-ring (bicyclic) bond motifs is 1. The highest BCUT2D eigenvalue weighted by atomic mass is 31.2. The molecular weight excluding hydrogens is 371 g/mol. The van der Waals surface area contributed by atoms with E-state index >= 15 is 0 Å². The summed E-state index contributed by atoms with van der Waals surface area (Å²) in [5.41, 5.74) is 1.74. The zero-order chi connectivity index (χ0) is 19.4. The number of hydrogen-bond acceptors (Lipinski definition) is 6. The van der Waals surface area contributed by atoms with Crippen molar-refractivity contribution in [3.8, 4) is 5.75 Å². The Morgan fingerprint density at radius 1 is 1.30 bits per heavy atom. The fraction of sp³-hybridized carbons (Fsp3) is 0.444. The molecule has 1 aliphatic rings. The van der Waals surface area contributed by atoms with E-state index in [1.165, 1.54) is 4.57 Å². The lowest BCUT2D eigenvalue weighted by Gasteiger charge is -2.26. The highest BCUT2D eigenvalue weighted by Crippen LogP contribution is 2.48. The van der Waals surface area contributed by atoms with Gasteiger partial charge in [0.2, 0.25) is 0 Å². The van der Waals surface area contributed by atoms with Crippen LogP contribution in [0.4, 0.5) is 0 Å². The second kappa shape index (κ2) is 8.80. The van der Waals surface area contributed by atoms with Crippen LogP contribution < -0.4 is 15.8 Å². The average Bonchev–Trinajstić information content (AvgIpc) is 2.66. The molecule has 3 rings (SSSR count). The summed E-state index contributed by atoms with van der Waals surface area (Å²) >= 11 is 0. The van der Waals surface area contributed by atoms with Crippen molar-refractivity contribution in [1.29, 1.82) is 0 Å². The number of hydrogen-bond donors (Lipinski definition) is 1. The normalized spacial score (nSPS) is 17.2. The van der Waals surface area contributed by atoms with E-state index in [0.717, 1.165) is 16.9 Å².